The average molecular weight is 325 g/mol. The highest BCUT2D eigenvalue weighted by molar-refractivity contribution is 5.98. The number of aliphatic imine (C=N–C) groups is 1. The molecule has 122 valence electrons. The Morgan fingerprint density at radius 2 is 1.48 bits per heavy atom. The van der Waals surface area contributed by atoms with Gasteiger partial charge in [-0.2, -0.15) is 0 Å². The molecular formula is C22H19N3. The first-order valence-corrected chi connectivity index (χ1v) is 8.42. The summed E-state index contributed by atoms with van der Waals surface area (Å²) in [5.41, 5.74) is 3.50. The van der Waals surface area contributed by atoms with E-state index in [0.29, 0.717) is 0 Å². The first-order chi connectivity index (χ1) is 12.4. The van der Waals surface area contributed by atoms with Crippen LogP contribution in [-0.4, -0.2) is 10.8 Å². The molecule has 25 heavy (non-hydrogen) atoms. The smallest absolute Gasteiger partial charge is 0.122 e. The lowest BCUT2D eigenvalue weighted by atomic mass is 9.96. The summed E-state index contributed by atoms with van der Waals surface area (Å²) in [4.78, 5) is 9.17. The molecule has 1 N–H and O–H groups in total. The normalized spacial score (nSPS) is 19.6. The Hall–Kier alpha value is -3.20. The molecule has 0 spiro atoms. The van der Waals surface area contributed by atoms with E-state index in [-0.39, 0.29) is 12.1 Å². The zero-order valence-corrected chi connectivity index (χ0v) is 13.8. The van der Waals surface area contributed by atoms with Gasteiger partial charge >= 0.3 is 0 Å². The lowest BCUT2D eigenvalue weighted by molar-refractivity contribution is 0.571. The molecule has 1 aliphatic rings. The molecule has 2 aromatic carbocycles. The summed E-state index contributed by atoms with van der Waals surface area (Å²) in [7, 11) is 0. The largest absolute Gasteiger partial charge is 0.361 e. The molecule has 0 fully saturated rings. The van der Waals surface area contributed by atoms with E-state index in [4.69, 9.17) is 4.99 Å². The molecule has 1 aromatic heterocycles. The van der Waals surface area contributed by atoms with Crippen molar-refractivity contribution in [1.29, 1.82) is 0 Å². The third kappa shape index (κ3) is 3.50. The Morgan fingerprint density at radius 3 is 2.20 bits per heavy atom. The van der Waals surface area contributed by atoms with Crippen LogP contribution in [-0.2, 0) is 0 Å². The predicted molar refractivity (Wildman–Crippen MR) is 102 cm³/mol. The SMILES string of the molecule is C(=Cc1ccccc1)C1=N[C@H](c2cccnc2)[C@H](c2ccccc2)N1. The van der Waals surface area contributed by atoms with Gasteiger partial charge in [0.2, 0.25) is 0 Å². The molecule has 0 unspecified atom stereocenters. The Kier molecular flexibility index (Phi) is 4.38. The standard InChI is InChI=1S/C22H19N3/c1-3-8-17(9-4-1)13-14-20-24-21(18-10-5-2-6-11-18)22(25-20)19-12-7-15-23-16-19/h1-16,21-22H,(H,24,25)/t21-,22+/m0/s1. The summed E-state index contributed by atoms with van der Waals surface area (Å²) in [6.07, 6.45) is 7.82. The van der Waals surface area contributed by atoms with Gasteiger partial charge in [-0.3, -0.25) is 9.98 Å². The number of benzene rings is 2. The molecule has 3 heteroatoms. The molecule has 2 heterocycles. The zero-order chi connectivity index (χ0) is 16.9. The maximum Gasteiger partial charge on any atom is 0.122 e. The maximum absolute atomic E-state index is 4.91. The van der Waals surface area contributed by atoms with E-state index in [1.54, 1.807) is 6.20 Å². The summed E-state index contributed by atoms with van der Waals surface area (Å²) >= 11 is 0. The average Bonchev–Trinajstić information content (AvgIpc) is 3.13. The van der Waals surface area contributed by atoms with Gasteiger partial charge < -0.3 is 5.32 Å². The fourth-order valence-electron chi connectivity index (χ4n) is 3.07. The number of amidine groups is 1. The van der Waals surface area contributed by atoms with Crippen molar-refractivity contribution in [3.8, 4) is 0 Å². The summed E-state index contributed by atoms with van der Waals surface area (Å²) in [6.45, 7) is 0. The van der Waals surface area contributed by atoms with E-state index in [2.05, 4.69) is 58.8 Å². The van der Waals surface area contributed by atoms with Crippen LogP contribution in [0.25, 0.3) is 6.08 Å². The molecule has 0 bridgehead atoms. The first kappa shape index (κ1) is 15.3. The minimum Gasteiger partial charge on any atom is -0.361 e. The zero-order valence-electron chi connectivity index (χ0n) is 13.8. The fourth-order valence-corrected chi connectivity index (χ4v) is 3.07. The van der Waals surface area contributed by atoms with Crippen LogP contribution in [0.1, 0.15) is 28.8 Å². The van der Waals surface area contributed by atoms with E-state index < -0.39 is 0 Å². The molecule has 3 nitrogen and oxygen atoms in total. The van der Waals surface area contributed by atoms with Gasteiger partial charge in [0.15, 0.2) is 0 Å². The molecule has 2 atom stereocenters. The van der Waals surface area contributed by atoms with Crippen LogP contribution in [0.2, 0.25) is 0 Å². The predicted octanol–water partition coefficient (Wildman–Crippen LogP) is 4.58. The lowest BCUT2D eigenvalue weighted by Gasteiger charge is -2.19. The van der Waals surface area contributed by atoms with E-state index in [1.165, 1.54) is 5.56 Å². The molecule has 3 aromatic rings. The van der Waals surface area contributed by atoms with E-state index in [9.17, 15) is 0 Å². The van der Waals surface area contributed by atoms with Crippen LogP contribution in [0.3, 0.4) is 0 Å². The summed E-state index contributed by atoms with van der Waals surface area (Å²) in [5.74, 6) is 0.895. The molecule has 0 saturated carbocycles. The monoisotopic (exact) mass is 325 g/mol. The number of hydrogen-bond acceptors (Lipinski definition) is 3. The van der Waals surface area contributed by atoms with Gasteiger partial charge in [0.25, 0.3) is 0 Å². The van der Waals surface area contributed by atoms with Crippen molar-refractivity contribution in [3.05, 3.63) is 108 Å². The Balaban J connectivity index is 1.64. The first-order valence-electron chi connectivity index (χ1n) is 8.42. The van der Waals surface area contributed by atoms with Gasteiger partial charge in [-0.1, -0.05) is 72.8 Å². The highest BCUT2D eigenvalue weighted by Crippen LogP contribution is 2.35. The van der Waals surface area contributed by atoms with Crippen molar-refractivity contribution in [2.24, 2.45) is 4.99 Å². The third-order valence-electron chi connectivity index (χ3n) is 4.32. The van der Waals surface area contributed by atoms with Gasteiger partial charge in [-0.05, 0) is 28.8 Å². The molecule has 0 radical (unpaired) electrons. The van der Waals surface area contributed by atoms with Crippen molar-refractivity contribution in [2.75, 3.05) is 0 Å². The van der Waals surface area contributed by atoms with E-state index >= 15 is 0 Å². The van der Waals surface area contributed by atoms with Gasteiger partial charge in [-0.15, -0.1) is 0 Å². The summed E-state index contributed by atoms with van der Waals surface area (Å²) < 4.78 is 0. The van der Waals surface area contributed by atoms with E-state index in [1.807, 2.05) is 42.6 Å². The fraction of sp³-hybridized carbons (Fsp3) is 0.0909. The highest BCUT2D eigenvalue weighted by Gasteiger charge is 2.30. The summed E-state index contributed by atoms with van der Waals surface area (Å²) in [5, 5.41) is 3.56. The van der Waals surface area contributed by atoms with Crippen molar-refractivity contribution in [3.63, 3.8) is 0 Å². The highest BCUT2D eigenvalue weighted by atomic mass is 15.1. The lowest BCUT2D eigenvalue weighted by Crippen LogP contribution is -2.23. The van der Waals surface area contributed by atoms with Crippen molar-refractivity contribution in [2.45, 2.75) is 12.1 Å². The number of aromatic nitrogens is 1. The van der Waals surface area contributed by atoms with Crippen molar-refractivity contribution < 1.29 is 0 Å². The Bertz CT molecular complexity index is 871. The Morgan fingerprint density at radius 1 is 0.760 bits per heavy atom. The number of rotatable bonds is 4. The second kappa shape index (κ2) is 7.14. The van der Waals surface area contributed by atoms with Crippen LogP contribution in [0.5, 0.6) is 0 Å². The third-order valence-corrected chi connectivity index (χ3v) is 4.32. The number of pyridine rings is 1. The van der Waals surface area contributed by atoms with Crippen LogP contribution < -0.4 is 5.32 Å². The molecule has 4 rings (SSSR count). The molecule has 0 aliphatic carbocycles. The van der Waals surface area contributed by atoms with Gasteiger partial charge in [0.1, 0.15) is 11.9 Å². The van der Waals surface area contributed by atoms with Crippen LogP contribution in [0, 0.1) is 0 Å². The Labute approximate surface area is 147 Å². The van der Waals surface area contributed by atoms with Crippen LogP contribution in [0.4, 0.5) is 0 Å². The second-order valence-corrected chi connectivity index (χ2v) is 6.02. The molecule has 1 aliphatic heterocycles. The minimum absolute atomic E-state index is 0.0199. The van der Waals surface area contributed by atoms with E-state index in [0.717, 1.165) is 17.0 Å². The number of nitrogens with one attached hydrogen (secondary N) is 1. The van der Waals surface area contributed by atoms with Gasteiger partial charge in [-0.25, -0.2) is 0 Å². The number of nitrogens with zero attached hydrogens (tertiary/aromatic N) is 2. The van der Waals surface area contributed by atoms with Gasteiger partial charge in [0, 0.05) is 12.4 Å². The number of hydrogen-bond donors (Lipinski definition) is 1. The topological polar surface area (TPSA) is 37.3 Å². The minimum atomic E-state index is 0.0199. The molecular weight excluding hydrogens is 306 g/mol. The maximum atomic E-state index is 4.91. The molecule has 0 amide bonds. The van der Waals surface area contributed by atoms with Crippen LogP contribution >= 0.6 is 0 Å². The molecule has 0 saturated heterocycles. The van der Waals surface area contributed by atoms with Crippen molar-refractivity contribution >= 4 is 11.9 Å². The van der Waals surface area contributed by atoms with Crippen LogP contribution in [0.15, 0.2) is 96.3 Å². The quantitative estimate of drug-likeness (QED) is 0.762. The summed E-state index contributed by atoms with van der Waals surface area (Å²) in [6, 6.07) is 24.9. The second-order valence-electron chi connectivity index (χ2n) is 6.02. The van der Waals surface area contributed by atoms with Gasteiger partial charge in [0.05, 0.1) is 6.04 Å². The van der Waals surface area contributed by atoms with Crippen molar-refractivity contribution in [1.82, 2.24) is 10.3 Å².